The van der Waals surface area contributed by atoms with Crippen molar-refractivity contribution >= 4 is 23.6 Å². The number of hydrogen-bond acceptors (Lipinski definition) is 5. The Bertz CT molecular complexity index is 578. The van der Waals surface area contributed by atoms with Gasteiger partial charge in [0.1, 0.15) is 6.61 Å². The molecule has 5 nitrogen and oxygen atoms in total. The van der Waals surface area contributed by atoms with Gasteiger partial charge in [0.05, 0.1) is 12.0 Å². The molecule has 0 spiro atoms. The number of Topliss-reactive ketones (excluding diaryl/α,β-unsaturated/α-hetero) is 1. The van der Waals surface area contributed by atoms with E-state index < -0.39 is 11.5 Å². The fourth-order valence-corrected chi connectivity index (χ4v) is 3.89. The van der Waals surface area contributed by atoms with Crippen LogP contribution in [0, 0.1) is 5.41 Å². The van der Waals surface area contributed by atoms with E-state index in [1.807, 2.05) is 18.2 Å². The van der Waals surface area contributed by atoms with Crippen molar-refractivity contribution in [2.75, 3.05) is 25.5 Å². The third-order valence-electron chi connectivity index (χ3n) is 4.28. The first kappa shape index (κ1) is 18.8. The Kier molecular flexibility index (Phi) is 7.12. The van der Waals surface area contributed by atoms with Gasteiger partial charge in [-0.1, -0.05) is 38.0 Å². The van der Waals surface area contributed by atoms with Crippen LogP contribution in [-0.4, -0.2) is 42.5 Å². The highest BCUT2D eigenvalue weighted by atomic mass is 32.2. The number of aliphatic hydroxyl groups excluding tert-OH is 1. The van der Waals surface area contributed by atoms with Crippen molar-refractivity contribution in [2.45, 2.75) is 37.5 Å². The van der Waals surface area contributed by atoms with Gasteiger partial charge >= 0.3 is 6.09 Å². The fraction of sp³-hybridized carbons (Fsp3) is 0.556. The van der Waals surface area contributed by atoms with Gasteiger partial charge in [0.25, 0.3) is 0 Å². The van der Waals surface area contributed by atoms with E-state index in [4.69, 9.17) is 4.74 Å². The first-order valence-electron chi connectivity index (χ1n) is 8.41. The third-order valence-corrected chi connectivity index (χ3v) is 5.36. The van der Waals surface area contributed by atoms with Gasteiger partial charge in [0.15, 0.2) is 5.78 Å². The lowest BCUT2D eigenvalue weighted by molar-refractivity contribution is 0.0316. The summed E-state index contributed by atoms with van der Waals surface area (Å²) >= 11 is 1.60. The molecule has 1 aliphatic heterocycles. The maximum atomic E-state index is 12.9. The Morgan fingerprint density at radius 2 is 2.17 bits per heavy atom. The average molecular weight is 351 g/mol. The van der Waals surface area contributed by atoms with E-state index in [-0.39, 0.29) is 19.0 Å². The minimum atomic E-state index is -1.06. The van der Waals surface area contributed by atoms with Crippen LogP contribution in [0.4, 0.5) is 4.79 Å². The van der Waals surface area contributed by atoms with E-state index in [0.29, 0.717) is 24.3 Å². The highest BCUT2D eigenvalue weighted by Gasteiger charge is 2.42. The summed E-state index contributed by atoms with van der Waals surface area (Å²) in [5, 5.41) is 12.6. The number of rotatable bonds is 7. The summed E-state index contributed by atoms with van der Waals surface area (Å²) < 4.78 is 5.26. The molecule has 0 fully saturated rings. The number of fused-ring (bicyclic) bond motifs is 1. The summed E-state index contributed by atoms with van der Waals surface area (Å²) in [4.78, 5) is 25.6. The van der Waals surface area contributed by atoms with Crippen molar-refractivity contribution < 1.29 is 19.4 Å². The minimum Gasteiger partial charge on any atom is -0.448 e. The van der Waals surface area contributed by atoms with E-state index in [9.17, 15) is 14.7 Å². The Morgan fingerprint density at radius 3 is 2.92 bits per heavy atom. The van der Waals surface area contributed by atoms with Gasteiger partial charge in [0.2, 0.25) is 0 Å². The van der Waals surface area contributed by atoms with E-state index in [0.717, 1.165) is 24.2 Å². The highest BCUT2D eigenvalue weighted by molar-refractivity contribution is 7.99. The molecule has 2 rings (SSSR count). The van der Waals surface area contributed by atoms with Gasteiger partial charge in [-0.3, -0.25) is 4.79 Å². The molecule has 0 aliphatic carbocycles. The molecule has 6 heteroatoms. The van der Waals surface area contributed by atoms with Crippen LogP contribution in [-0.2, 0) is 4.74 Å². The number of carbonyl (C=O) groups is 2. The van der Waals surface area contributed by atoms with Crippen molar-refractivity contribution in [1.82, 2.24) is 5.32 Å². The molecule has 132 valence electrons. The zero-order valence-corrected chi connectivity index (χ0v) is 14.9. The lowest BCUT2D eigenvalue weighted by Gasteiger charge is -2.28. The van der Waals surface area contributed by atoms with Crippen LogP contribution in [0.15, 0.2) is 29.2 Å². The number of nitrogens with one attached hydrogen (secondary N) is 1. The Balaban J connectivity index is 2.00. The van der Waals surface area contributed by atoms with Gasteiger partial charge < -0.3 is 15.2 Å². The van der Waals surface area contributed by atoms with Crippen LogP contribution in [0.5, 0.6) is 0 Å². The maximum Gasteiger partial charge on any atom is 0.407 e. The lowest BCUT2D eigenvalue weighted by Crippen LogP contribution is -2.41. The van der Waals surface area contributed by atoms with Crippen molar-refractivity contribution in [3.63, 3.8) is 0 Å². The second-order valence-electron chi connectivity index (χ2n) is 6.07. The predicted octanol–water partition coefficient (Wildman–Crippen LogP) is 3.26. The number of carbonyl (C=O) groups excluding carboxylic acids is 2. The number of hydrogen-bond donors (Lipinski definition) is 2. The largest absolute Gasteiger partial charge is 0.448 e. The maximum absolute atomic E-state index is 12.9. The molecule has 1 aromatic rings. The van der Waals surface area contributed by atoms with Crippen LogP contribution in [0.25, 0.3) is 0 Å². The SMILES string of the molecule is CCCCCNC(=O)OCC1(CO)CCSc2ccccc2C1=O. The molecule has 0 saturated heterocycles. The number of unbranched alkanes of at least 4 members (excludes halogenated alkanes) is 2. The minimum absolute atomic E-state index is 0.100. The van der Waals surface area contributed by atoms with Crippen molar-refractivity contribution in [1.29, 1.82) is 0 Å². The van der Waals surface area contributed by atoms with Gasteiger partial charge in [-0.05, 0) is 24.7 Å². The van der Waals surface area contributed by atoms with Gasteiger partial charge in [-0.2, -0.15) is 0 Å². The molecule has 0 radical (unpaired) electrons. The zero-order chi connectivity index (χ0) is 17.4. The van der Waals surface area contributed by atoms with Crippen molar-refractivity contribution in [3.05, 3.63) is 29.8 Å². The first-order valence-corrected chi connectivity index (χ1v) is 9.39. The third kappa shape index (κ3) is 4.51. The first-order chi connectivity index (χ1) is 11.6. The predicted molar refractivity (Wildman–Crippen MR) is 94.5 cm³/mol. The van der Waals surface area contributed by atoms with E-state index >= 15 is 0 Å². The topological polar surface area (TPSA) is 75.6 Å². The number of benzene rings is 1. The Hall–Kier alpha value is -1.53. The molecule has 1 aromatic carbocycles. The fourth-order valence-electron chi connectivity index (χ4n) is 2.69. The molecule has 1 heterocycles. The standard InChI is InChI=1S/C18H25NO4S/c1-2-3-6-10-19-17(22)23-13-18(12-20)9-11-24-15-8-5-4-7-14(15)16(18)21/h4-5,7-8,20H,2-3,6,9-13H2,1H3,(H,19,22). The second-order valence-corrected chi connectivity index (χ2v) is 7.21. The summed E-state index contributed by atoms with van der Waals surface area (Å²) in [5.41, 5.74) is -0.457. The second kappa shape index (κ2) is 9.08. The van der Waals surface area contributed by atoms with E-state index in [1.165, 1.54) is 0 Å². The van der Waals surface area contributed by atoms with Gasteiger partial charge in [-0.25, -0.2) is 4.79 Å². The number of thioether (sulfide) groups is 1. The van der Waals surface area contributed by atoms with Crippen molar-refractivity contribution in [3.8, 4) is 0 Å². The molecule has 0 bridgehead atoms. The summed E-state index contributed by atoms with van der Waals surface area (Å²) in [6.07, 6.45) is 2.98. The van der Waals surface area contributed by atoms with E-state index in [2.05, 4.69) is 12.2 Å². The molecule has 1 amide bonds. The van der Waals surface area contributed by atoms with E-state index in [1.54, 1.807) is 17.8 Å². The average Bonchev–Trinajstić information content (AvgIpc) is 2.75. The smallest absolute Gasteiger partial charge is 0.407 e. The van der Waals surface area contributed by atoms with Crippen LogP contribution in [0.3, 0.4) is 0 Å². The summed E-state index contributed by atoms with van der Waals surface area (Å²) in [6, 6.07) is 7.38. The molecule has 0 aromatic heterocycles. The molecule has 1 aliphatic rings. The monoisotopic (exact) mass is 351 g/mol. The summed E-state index contributed by atoms with van der Waals surface area (Å²) in [6.45, 7) is 2.23. The quantitative estimate of drug-likeness (QED) is 0.738. The molecule has 1 unspecified atom stereocenters. The normalized spacial score (nSPS) is 20.2. The van der Waals surface area contributed by atoms with Gasteiger partial charge in [0, 0.05) is 17.0 Å². The van der Waals surface area contributed by atoms with Crippen molar-refractivity contribution in [2.24, 2.45) is 5.41 Å². The molecular weight excluding hydrogens is 326 g/mol. The van der Waals surface area contributed by atoms with Crippen LogP contribution < -0.4 is 5.32 Å². The zero-order valence-electron chi connectivity index (χ0n) is 14.0. The Labute approximate surface area is 147 Å². The Morgan fingerprint density at radius 1 is 1.38 bits per heavy atom. The number of amides is 1. The van der Waals surface area contributed by atoms with Crippen LogP contribution in [0.2, 0.25) is 0 Å². The van der Waals surface area contributed by atoms with Crippen LogP contribution in [0.1, 0.15) is 43.0 Å². The van der Waals surface area contributed by atoms with Crippen LogP contribution >= 0.6 is 11.8 Å². The molecule has 0 saturated carbocycles. The molecule has 24 heavy (non-hydrogen) atoms. The summed E-state index contributed by atoms with van der Waals surface area (Å²) in [7, 11) is 0. The highest BCUT2D eigenvalue weighted by Crippen LogP contribution is 2.38. The lowest BCUT2D eigenvalue weighted by atomic mass is 9.79. The summed E-state index contributed by atoms with van der Waals surface area (Å²) in [5.74, 6) is 0.550. The van der Waals surface area contributed by atoms with Gasteiger partial charge in [-0.15, -0.1) is 11.8 Å². The number of ketones is 1. The number of aliphatic hydroxyl groups is 1. The number of ether oxygens (including phenoxy) is 1. The molecule has 1 atom stereocenters. The molecule has 2 N–H and O–H groups in total. The molecular formula is C18H25NO4S. The number of alkyl carbamates (subject to hydrolysis) is 1.